The van der Waals surface area contributed by atoms with Crippen LogP contribution in [0.25, 0.3) is 34.1 Å². The molecule has 0 fully saturated rings. The van der Waals surface area contributed by atoms with E-state index < -0.39 is 0 Å². The molecule has 0 saturated carbocycles. The van der Waals surface area contributed by atoms with Gasteiger partial charge in [-0.1, -0.05) is 17.3 Å². The minimum atomic E-state index is 0.325. The molecule has 0 aliphatic heterocycles. The maximum absolute atomic E-state index is 5.50. The van der Waals surface area contributed by atoms with Gasteiger partial charge in [0.2, 0.25) is 11.7 Å². The Morgan fingerprint density at radius 2 is 1.39 bits per heavy atom. The maximum Gasteiger partial charge on any atom is 0.258 e. The van der Waals surface area contributed by atoms with E-state index in [9.17, 15) is 0 Å². The lowest BCUT2D eigenvalue weighted by Crippen LogP contribution is -1.95. The minimum Gasteiger partial charge on any atom is -0.497 e. The van der Waals surface area contributed by atoms with E-state index in [4.69, 9.17) is 23.5 Å². The van der Waals surface area contributed by atoms with E-state index in [0.717, 1.165) is 17.0 Å². The highest BCUT2D eigenvalue weighted by Crippen LogP contribution is 2.33. The molecule has 0 bridgehead atoms. The monoisotopic (exact) mass is 419 g/mol. The molecule has 0 unspecified atom stereocenters. The first kappa shape index (κ1) is 20.2. The minimum absolute atomic E-state index is 0.325. The van der Waals surface area contributed by atoms with Crippen molar-refractivity contribution < 1.29 is 23.5 Å². The summed E-state index contributed by atoms with van der Waals surface area (Å²) in [7, 11) is 6.34. The number of nitrogens with zero attached hydrogens (tertiary/aromatic N) is 3. The normalized spacial score (nSPS) is 10.6. The van der Waals surface area contributed by atoms with Gasteiger partial charge in [0, 0.05) is 17.2 Å². The Labute approximate surface area is 179 Å². The number of rotatable bonds is 7. The highest BCUT2D eigenvalue weighted by molar-refractivity contribution is 5.70. The van der Waals surface area contributed by atoms with E-state index in [2.05, 4.69) is 15.1 Å². The van der Waals surface area contributed by atoms with Crippen molar-refractivity contribution in [1.29, 1.82) is 0 Å². The SMILES string of the molecule is COc1cccc(-c2ccc(-c3noc(-c4cc(OC)cc(OC)c4)n3)c(OC)n2)c1. The molecule has 0 radical (unpaired) electrons. The van der Waals surface area contributed by atoms with E-state index in [1.54, 1.807) is 46.6 Å². The van der Waals surface area contributed by atoms with Crippen LogP contribution in [-0.4, -0.2) is 43.6 Å². The third-order valence-corrected chi connectivity index (χ3v) is 4.68. The summed E-state index contributed by atoms with van der Waals surface area (Å²) >= 11 is 0. The molecule has 2 aromatic carbocycles. The van der Waals surface area contributed by atoms with E-state index >= 15 is 0 Å². The topological polar surface area (TPSA) is 88.7 Å². The van der Waals surface area contributed by atoms with E-state index in [0.29, 0.717) is 40.2 Å². The van der Waals surface area contributed by atoms with Crippen molar-refractivity contribution in [1.82, 2.24) is 15.1 Å². The van der Waals surface area contributed by atoms with Crippen LogP contribution < -0.4 is 18.9 Å². The Morgan fingerprint density at radius 1 is 0.677 bits per heavy atom. The molecule has 0 amide bonds. The zero-order valence-corrected chi connectivity index (χ0v) is 17.6. The fraction of sp³-hybridized carbons (Fsp3) is 0.174. The molecule has 0 atom stereocenters. The predicted molar refractivity (Wildman–Crippen MR) is 115 cm³/mol. The first-order valence-corrected chi connectivity index (χ1v) is 9.42. The van der Waals surface area contributed by atoms with Crippen molar-refractivity contribution >= 4 is 0 Å². The second kappa shape index (κ2) is 8.74. The first-order chi connectivity index (χ1) is 15.1. The van der Waals surface area contributed by atoms with Crippen LogP contribution in [0.2, 0.25) is 0 Å². The number of hydrogen-bond acceptors (Lipinski definition) is 8. The molecule has 2 aromatic heterocycles. The molecule has 31 heavy (non-hydrogen) atoms. The van der Waals surface area contributed by atoms with Gasteiger partial charge in [-0.25, -0.2) is 4.98 Å². The first-order valence-electron chi connectivity index (χ1n) is 9.42. The van der Waals surface area contributed by atoms with Crippen LogP contribution in [0.3, 0.4) is 0 Å². The Hall–Kier alpha value is -4.07. The molecule has 8 heteroatoms. The summed E-state index contributed by atoms with van der Waals surface area (Å²) < 4.78 is 26.9. The Balaban J connectivity index is 1.70. The summed E-state index contributed by atoms with van der Waals surface area (Å²) in [4.78, 5) is 9.12. The van der Waals surface area contributed by atoms with Gasteiger partial charge in [-0.05, 0) is 36.4 Å². The quantitative estimate of drug-likeness (QED) is 0.433. The average Bonchev–Trinajstić information content (AvgIpc) is 3.33. The van der Waals surface area contributed by atoms with Gasteiger partial charge in [0.05, 0.1) is 39.7 Å². The molecular formula is C23H21N3O5. The highest BCUT2D eigenvalue weighted by Gasteiger charge is 2.18. The third kappa shape index (κ3) is 4.13. The Morgan fingerprint density at radius 3 is 2.06 bits per heavy atom. The van der Waals surface area contributed by atoms with Crippen molar-refractivity contribution in [2.45, 2.75) is 0 Å². The van der Waals surface area contributed by atoms with Crippen LogP contribution >= 0.6 is 0 Å². The van der Waals surface area contributed by atoms with Crippen LogP contribution in [0, 0.1) is 0 Å². The van der Waals surface area contributed by atoms with Gasteiger partial charge in [0.25, 0.3) is 5.89 Å². The second-order valence-corrected chi connectivity index (χ2v) is 6.51. The third-order valence-electron chi connectivity index (χ3n) is 4.68. The summed E-state index contributed by atoms with van der Waals surface area (Å²) in [6.07, 6.45) is 0. The maximum atomic E-state index is 5.50. The predicted octanol–water partition coefficient (Wildman–Crippen LogP) is 4.50. The summed E-state index contributed by atoms with van der Waals surface area (Å²) in [5.41, 5.74) is 2.93. The lowest BCUT2D eigenvalue weighted by Gasteiger charge is -2.08. The molecule has 0 N–H and O–H groups in total. The van der Waals surface area contributed by atoms with Crippen molar-refractivity contribution in [3.05, 3.63) is 54.6 Å². The summed E-state index contributed by atoms with van der Waals surface area (Å²) in [6, 6.07) is 16.7. The van der Waals surface area contributed by atoms with Gasteiger partial charge in [0.15, 0.2) is 0 Å². The number of pyridine rings is 1. The molecule has 4 aromatic rings. The fourth-order valence-corrected chi connectivity index (χ4v) is 3.09. The second-order valence-electron chi connectivity index (χ2n) is 6.51. The van der Waals surface area contributed by atoms with Crippen molar-refractivity contribution in [3.8, 4) is 57.2 Å². The molecule has 0 spiro atoms. The van der Waals surface area contributed by atoms with Crippen LogP contribution in [0.4, 0.5) is 0 Å². The summed E-state index contributed by atoms with van der Waals surface area (Å²) in [6.45, 7) is 0. The van der Waals surface area contributed by atoms with Gasteiger partial charge >= 0.3 is 0 Å². The lowest BCUT2D eigenvalue weighted by atomic mass is 10.1. The van der Waals surface area contributed by atoms with Crippen LogP contribution in [0.5, 0.6) is 23.1 Å². The zero-order chi connectivity index (χ0) is 21.8. The summed E-state index contributed by atoms with van der Waals surface area (Å²) in [5, 5.41) is 4.10. The molecule has 0 saturated heterocycles. The molecule has 8 nitrogen and oxygen atoms in total. The van der Waals surface area contributed by atoms with E-state index in [1.807, 2.05) is 36.4 Å². The number of methoxy groups -OCH3 is 4. The smallest absolute Gasteiger partial charge is 0.258 e. The van der Waals surface area contributed by atoms with Gasteiger partial charge in [-0.3, -0.25) is 0 Å². The number of benzene rings is 2. The average molecular weight is 419 g/mol. The lowest BCUT2D eigenvalue weighted by molar-refractivity contribution is 0.393. The summed E-state index contributed by atoms with van der Waals surface area (Å²) in [5.74, 6) is 3.06. The highest BCUT2D eigenvalue weighted by atomic mass is 16.5. The fourth-order valence-electron chi connectivity index (χ4n) is 3.09. The van der Waals surface area contributed by atoms with Gasteiger partial charge in [0.1, 0.15) is 17.2 Å². The zero-order valence-electron chi connectivity index (χ0n) is 17.6. The van der Waals surface area contributed by atoms with Gasteiger partial charge in [-0.2, -0.15) is 4.98 Å². The Kier molecular flexibility index (Phi) is 5.70. The molecule has 2 heterocycles. The molecule has 4 rings (SSSR count). The molecule has 0 aliphatic rings. The molecular weight excluding hydrogens is 398 g/mol. The number of aromatic nitrogens is 3. The number of ether oxygens (including phenoxy) is 4. The van der Waals surface area contributed by atoms with Gasteiger partial charge < -0.3 is 23.5 Å². The van der Waals surface area contributed by atoms with Gasteiger partial charge in [-0.15, -0.1) is 0 Å². The molecule has 158 valence electrons. The van der Waals surface area contributed by atoms with Crippen molar-refractivity contribution in [2.24, 2.45) is 0 Å². The van der Waals surface area contributed by atoms with Crippen molar-refractivity contribution in [3.63, 3.8) is 0 Å². The van der Waals surface area contributed by atoms with Crippen LogP contribution in [0.1, 0.15) is 0 Å². The Bertz CT molecular complexity index is 1180. The van der Waals surface area contributed by atoms with Crippen LogP contribution in [-0.2, 0) is 0 Å². The largest absolute Gasteiger partial charge is 0.497 e. The van der Waals surface area contributed by atoms with E-state index in [-0.39, 0.29) is 0 Å². The van der Waals surface area contributed by atoms with Crippen LogP contribution in [0.15, 0.2) is 59.1 Å². The van der Waals surface area contributed by atoms with E-state index in [1.165, 1.54) is 0 Å². The molecule has 0 aliphatic carbocycles. The standard InChI is InChI=1S/C23H21N3O5/c1-27-16-7-5-6-14(10-16)20-9-8-19(23(24-20)30-4)21-25-22(31-26-21)15-11-17(28-2)13-18(12-15)29-3/h5-13H,1-4H3. The van der Waals surface area contributed by atoms with Crippen molar-refractivity contribution in [2.75, 3.05) is 28.4 Å². The number of hydrogen-bond donors (Lipinski definition) is 0.